The van der Waals surface area contributed by atoms with Crippen molar-refractivity contribution in [3.05, 3.63) is 0 Å². The van der Waals surface area contributed by atoms with Gasteiger partial charge in [0.2, 0.25) is 10.0 Å². The Bertz CT molecular complexity index is 682. The number of nitrogens with one attached hydrogen (secondary N) is 2. The number of hydrogen-bond donors (Lipinski definition) is 2. The Hall–Kier alpha value is -0.870. The molecule has 0 radical (unpaired) electrons. The molecule has 24 heavy (non-hydrogen) atoms. The maximum atomic E-state index is 12.1. The molecule has 2 N–H and O–H groups in total. The third kappa shape index (κ3) is 5.89. The maximum Gasteiger partial charge on any atom is 0.209 e. The molecule has 0 spiro atoms. The van der Waals surface area contributed by atoms with Crippen LogP contribution < -0.4 is 10.0 Å². The summed E-state index contributed by atoms with van der Waals surface area (Å²) in [6.45, 7) is 10.5. The number of rotatable bonds is 5. The van der Waals surface area contributed by atoms with Crippen LogP contribution in [0.3, 0.4) is 0 Å². The first kappa shape index (κ1) is 21.2. The van der Waals surface area contributed by atoms with Crippen molar-refractivity contribution in [2.75, 3.05) is 38.2 Å². The van der Waals surface area contributed by atoms with E-state index in [1.807, 2.05) is 11.8 Å². The van der Waals surface area contributed by atoms with Gasteiger partial charge >= 0.3 is 0 Å². The molecule has 0 bridgehead atoms. The minimum absolute atomic E-state index is 0.0788. The van der Waals surface area contributed by atoms with Crippen LogP contribution in [-0.4, -0.2) is 76.2 Å². The fourth-order valence-corrected chi connectivity index (χ4v) is 4.99. The van der Waals surface area contributed by atoms with E-state index in [1.165, 1.54) is 0 Å². The van der Waals surface area contributed by atoms with Crippen molar-refractivity contribution >= 4 is 25.8 Å². The molecule has 0 aromatic carbocycles. The average Bonchev–Trinajstić information content (AvgIpc) is 2.35. The van der Waals surface area contributed by atoms with E-state index in [2.05, 4.69) is 15.0 Å². The van der Waals surface area contributed by atoms with Gasteiger partial charge in [-0.1, -0.05) is 0 Å². The lowest BCUT2D eigenvalue weighted by Gasteiger charge is -2.39. The summed E-state index contributed by atoms with van der Waals surface area (Å²) in [5.41, 5.74) is -0.731. The zero-order valence-electron chi connectivity index (χ0n) is 15.4. The molecule has 1 aliphatic heterocycles. The van der Waals surface area contributed by atoms with Gasteiger partial charge < -0.3 is 10.2 Å². The Labute approximate surface area is 146 Å². The van der Waals surface area contributed by atoms with E-state index in [1.54, 1.807) is 27.7 Å². The van der Waals surface area contributed by atoms with Crippen LogP contribution in [0.1, 0.15) is 34.6 Å². The van der Waals surface area contributed by atoms with Gasteiger partial charge in [0.15, 0.2) is 15.8 Å². The van der Waals surface area contributed by atoms with Crippen LogP contribution in [-0.2, 0) is 19.9 Å². The fourth-order valence-electron chi connectivity index (χ4n) is 2.56. The number of nitrogens with zero attached hydrogens (tertiary/aromatic N) is 2. The molecule has 1 saturated heterocycles. The van der Waals surface area contributed by atoms with E-state index in [0.29, 0.717) is 25.6 Å². The monoisotopic (exact) mass is 382 g/mol. The van der Waals surface area contributed by atoms with Gasteiger partial charge in [0.25, 0.3) is 0 Å². The highest BCUT2D eigenvalue weighted by Crippen LogP contribution is 2.23. The van der Waals surface area contributed by atoms with E-state index in [9.17, 15) is 16.8 Å². The molecule has 1 aliphatic rings. The maximum absolute atomic E-state index is 12.1. The molecule has 1 rings (SSSR count). The molecule has 0 aromatic heterocycles. The Kier molecular flexibility index (Phi) is 6.32. The van der Waals surface area contributed by atoms with Gasteiger partial charge in [-0.2, -0.15) is 0 Å². The summed E-state index contributed by atoms with van der Waals surface area (Å²) in [4.78, 5) is 6.43. The summed E-state index contributed by atoms with van der Waals surface area (Å²) in [6, 6.07) is 0. The molecule has 0 saturated carbocycles. The van der Waals surface area contributed by atoms with Crippen LogP contribution in [0, 0.1) is 0 Å². The zero-order chi connectivity index (χ0) is 18.8. The van der Waals surface area contributed by atoms with Crippen LogP contribution in [0.2, 0.25) is 0 Å². The quantitative estimate of drug-likeness (QED) is 0.503. The van der Waals surface area contributed by atoms with Crippen molar-refractivity contribution in [2.45, 2.75) is 44.9 Å². The van der Waals surface area contributed by atoms with Crippen molar-refractivity contribution < 1.29 is 16.8 Å². The summed E-state index contributed by atoms with van der Waals surface area (Å²) < 4.78 is 48.8. The van der Waals surface area contributed by atoms with Gasteiger partial charge in [-0.25, -0.2) is 21.6 Å². The Morgan fingerprint density at radius 3 is 2.38 bits per heavy atom. The molecular weight excluding hydrogens is 352 g/mol. The number of guanidine groups is 1. The lowest BCUT2D eigenvalue weighted by atomic mass is 10.1. The highest BCUT2D eigenvalue weighted by molar-refractivity contribution is 7.92. The van der Waals surface area contributed by atoms with E-state index in [4.69, 9.17) is 0 Å². The van der Waals surface area contributed by atoms with Gasteiger partial charge in [-0.15, -0.1) is 0 Å². The summed E-state index contributed by atoms with van der Waals surface area (Å²) in [6.07, 6.45) is 1.11. The number of hydrogen-bond acceptors (Lipinski definition) is 5. The number of aliphatic imine (C=N–C) groups is 1. The van der Waals surface area contributed by atoms with Gasteiger partial charge in [0, 0.05) is 25.2 Å². The highest BCUT2D eigenvalue weighted by Gasteiger charge is 2.41. The molecule has 0 aliphatic carbocycles. The molecule has 1 heterocycles. The van der Waals surface area contributed by atoms with Crippen molar-refractivity contribution in [1.29, 1.82) is 0 Å². The Balaban J connectivity index is 2.95. The molecule has 8 nitrogen and oxygen atoms in total. The lowest BCUT2D eigenvalue weighted by molar-refractivity contribution is 0.351. The van der Waals surface area contributed by atoms with Crippen LogP contribution in [0.15, 0.2) is 4.99 Å². The standard InChI is InChI=1S/C14H30N4O4S2/c1-7-15-12(16-10-13(2,3)17-23(6,19)20)18-8-9-24(21,22)14(4,5)11-18/h17H,7-11H2,1-6H3,(H,15,16). The minimum Gasteiger partial charge on any atom is -0.357 e. The van der Waals surface area contributed by atoms with Crippen LogP contribution >= 0.6 is 0 Å². The molecule has 0 unspecified atom stereocenters. The zero-order valence-corrected chi connectivity index (χ0v) is 17.0. The van der Waals surface area contributed by atoms with Gasteiger partial charge in [0.05, 0.1) is 23.3 Å². The van der Waals surface area contributed by atoms with Crippen molar-refractivity contribution in [1.82, 2.24) is 14.9 Å². The second-order valence-corrected chi connectivity index (χ2v) is 11.9. The first-order chi connectivity index (χ1) is 10.7. The fraction of sp³-hybridized carbons (Fsp3) is 0.929. The smallest absolute Gasteiger partial charge is 0.209 e. The summed E-state index contributed by atoms with van der Waals surface area (Å²) in [5.74, 6) is 0.680. The van der Waals surface area contributed by atoms with Crippen molar-refractivity contribution in [3.8, 4) is 0 Å². The Morgan fingerprint density at radius 2 is 1.92 bits per heavy atom. The molecular formula is C14H30N4O4S2. The van der Waals surface area contributed by atoms with Gasteiger partial charge in [-0.3, -0.25) is 4.99 Å². The predicted octanol–water partition coefficient (Wildman–Crippen LogP) is -0.211. The minimum atomic E-state index is -3.33. The first-order valence-corrected chi connectivity index (χ1v) is 11.5. The van der Waals surface area contributed by atoms with E-state index in [0.717, 1.165) is 6.26 Å². The second-order valence-electron chi connectivity index (χ2n) is 7.43. The molecule has 0 atom stereocenters. The van der Waals surface area contributed by atoms with Gasteiger partial charge in [-0.05, 0) is 34.6 Å². The van der Waals surface area contributed by atoms with Crippen LogP contribution in [0.4, 0.5) is 0 Å². The number of sulfone groups is 1. The van der Waals surface area contributed by atoms with E-state index in [-0.39, 0.29) is 12.3 Å². The van der Waals surface area contributed by atoms with Gasteiger partial charge in [0.1, 0.15) is 0 Å². The van der Waals surface area contributed by atoms with Crippen molar-refractivity contribution in [2.24, 2.45) is 4.99 Å². The molecule has 0 amide bonds. The van der Waals surface area contributed by atoms with Crippen LogP contribution in [0.25, 0.3) is 0 Å². The molecule has 142 valence electrons. The molecule has 1 fully saturated rings. The summed E-state index contributed by atoms with van der Waals surface area (Å²) in [7, 11) is -6.46. The van der Waals surface area contributed by atoms with E-state index < -0.39 is 30.1 Å². The third-order valence-electron chi connectivity index (χ3n) is 3.76. The second kappa shape index (κ2) is 7.17. The summed E-state index contributed by atoms with van der Waals surface area (Å²) in [5, 5.41) is 3.16. The number of sulfonamides is 1. The third-order valence-corrected chi connectivity index (χ3v) is 7.22. The van der Waals surface area contributed by atoms with Crippen molar-refractivity contribution in [3.63, 3.8) is 0 Å². The Morgan fingerprint density at radius 1 is 1.33 bits per heavy atom. The first-order valence-electron chi connectivity index (χ1n) is 7.94. The SMILES string of the molecule is CCNC(=NCC(C)(C)NS(C)(=O)=O)N1CCS(=O)(=O)C(C)(C)C1. The predicted molar refractivity (Wildman–Crippen MR) is 97.5 cm³/mol. The van der Waals surface area contributed by atoms with Crippen LogP contribution in [0.5, 0.6) is 0 Å². The highest BCUT2D eigenvalue weighted by atomic mass is 32.2. The summed E-state index contributed by atoms with van der Waals surface area (Å²) >= 11 is 0. The lowest BCUT2D eigenvalue weighted by Crippen LogP contribution is -2.57. The topological polar surface area (TPSA) is 108 Å². The molecule has 0 aromatic rings. The van der Waals surface area contributed by atoms with E-state index >= 15 is 0 Å². The largest absolute Gasteiger partial charge is 0.357 e. The normalized spacial score (nSPS) is 21.6. The molecule has 10 heteroatoms. The average molecular weight is 383 g/mol.